The van der Waals surface area contributed by atoms with Crippen molar-refractivity contribution in [3.63, 3.8) is 0 Å². The zero-order valence-electron chi connectivity index (χ0n) is 9.63. The van der Waals surface area contributed by atoms with E-state index in [9.17, 15) is 4.79 Å². The molecule has 1 amide bonds. The van der Waals surface area contributed by atoms with Gasteiger partial charge in [0.05, 0.1) is 5.69 Å². The fourth-order valence-corrected chi connectivity index (χ4v) is 1.49. The lowest BCUT2D eigenvalue weighted by atomic mass is 10.3. The summed E-state index contributed by atoms with van der Waals surface area (Å²) in [5.41, 5.74) is 0.573. The molecule has 0 saturated carbocycles. The first kappa shape index (κ1) is 14.0. The average Bonchev–Trinajstić information content (AvgIpc) is 2.22. The van der Waals surface area contributed by atoms with E-state index in [0.29, 0.717) is 18.7 Å². The molecule has 5 nitrogen and oxygen atoms in total. The molecule has 0 unspecified atom stereocenters. The summed E-state index contributed by atoms with van der Waals surface area (Å²) in [6.45, 7) is 4.28. The number of hydrogen-bond acceptors (Lipinski definition) is 4. The molecule has 0 aliphatic rings. The van der Waals surface area contributed by atoms with Crippen molar-refractivity contribution in [2.75, 3.05) is 11.9 Å². The van der Waals surface area contributed by atoms with Crippen LogP contribution in [-0.2, 0) is 4.79 Å². The van der Waals surface area contributed by atoms with Gasteiger partial charge in [-0.1, -0.05) is 23.2 Å². The lowest BCUT2D eigenvalue weighted by molar-refractivity contribution is -0.121. The number of anilines is 1. The van der Waals surface area contributed by atoms with E-state index in [1.807, 2.05) is 13.8 Å². The molecule has 0 fully saturated rings. The highest BCUT2D eigenvalue weighted by atomic mass is 35.5. The Labute approximate surface area is 110 Å². The molecule has 1 heterocycles. The van der Waals surface area contributed by atoms with Gasteiger partial charge in [-0.15, -0.1) is 10.2 Å². The molecule has 1 aromatic rings. The number of carbonyl (C=O) groups is 1. The van der Waals surface area contributed by atoms with Crippen molar-refractivity contribution in [1.29, 1.82) is 0 Å². The lowest BCUT2D eigenvalue weighted by Gasteiger charge is -2.10. The molecule has 2 N–H and O–H groups in total. The van der Waals surface area contributed by atoms with E-state index < -0.39 is 0 Å². The second kappa shape index (κ2) is 6.61. The molecule has 7 heteroatoms. The number of aromatic nitrogens is 2. The van der Waals surface area contributed by atoms with Gasteiger partial charge in [-0.05, 0) is 13.8 Å². The summed E-state index contributed by atoms with van der Waals surface area (Å²) in [6.07, 6.45) is 0.356. The predicted molar refractivity (Wildman–Crippen MR) is 68.4 cm³/mol. The second-order valence-corrected chi connectivity index (χ2v) is 4.52. The molecule has 0 aliphatic heterocycles. The number of amides is 1. The summed E-state index contributed by atoms with van der Waals surface area (Å²) in [5, 5.41) is 13.5. The van der Waals surface area contributed by atoms with Crippen molar-refractivity contribution in [3.8, 4) is 0 Å². The monoisotopic (exact) mass is 276 g/mol. The number of nitrogens with one attached hydrogen (secondary N) is 2. The maximum atomic E-state index is 11.4. The molecular weight excluding hydrogens is 263 g/mol. The van der Waals surface area contributed by atoms with E-state index in [-0.39, 0.29) is 22.3 Å². The van der Waals surface area contributed by atoms with Crippen LogP contribution in [0.1, 0.15) is 20.3 Å². The Hall–Kier alpha value is -1.07. The van der Waals surface area contributed by atoms with Crippen LogP contribution in [0.5, 0.6) is 0 Å². The fraction of sp³-hybridized carbons (Fsp3) is 0.500. The highest BCUT2D eigenvalue weighted by Crippen LogP contribution is 2.20. The first-order chi connectivity index (χ1) is 7.99. The van der Waals surface area contributed by atoms with Crippen molar-refractivity contribution < 1.29 is 4.79 Å². The second-order valence-electron chi connectivity index (χ2n) is 3.77. The van der Waals surface area contributed by atoms with Crippen LogP contribution in [0.25, 0.3) is 0 Å². The number of carbonyl (C=O) groups excluding carboxylic acids is 1. The van der Waals surface area contributed by atoms with Crippen LogP contribution in [0, 0.1) is 0 Å². The molecule has 0 saturated heterocycles. The first-order valence-corrected chi connectivity index (χ1v) is 5.96. The number of hydrogen-bond donors (Lipinski definition) is 2. The van der Waals surface area contributed by atoms with Gasteiger partial charge in [-0.3, -0.25) is 4.79 Å². The Morgan fingerprint density at radius 1 is 1.41 bits per heavy atom. The van der Waals surface area contributed by atoms with Crippen LogP contribution >= 0.6 is 23.2 Å². The zero-order valence-corrected chi connectivity index (χ0v) is 11.1. The van der Waals surface area contributed by atoms with Crippen LogP contribution in [0.3, 0.4) is 0 Å². The Bertz CT molecular complexity index is 398. The van der Waals surface area contributed by atoms with E-state index in [0.717, 1.165) is 0 Å². The van der Waals surface area contributed by atoms with Gasteiger partial charge >= 0.3 is 0 Å². The van der Waals surface area contributed by atoms with Crippen molar-refractivity contribution in [2.45, 2.75) is 26.3 Å². The standard InChI is InChI=1S/C10H14Cl2N4O/c1-6(2)14-9(17)3-4-13-7-5-8(11)15-16-10(7)12/h5-6H,3-4H2,1-2H3,(H,13,15)(H,14,17). The van der Waals surface area contributed by atoms with E-state index in [1.54, 1.807) is 6.07 Å². The van der Waals surface area contributed by atoms with Gasteiger partial charge in [-0.25, -0.2) is 0 Å². The van der Waals surface area contributed by atoms with Crippen LogP contribution in [0.4, 0.5) is 5.69 Å². The van der Waals surface area contributed by atoms with E-state index in [4.69, 9.17) is 23.2 Å². The van der Waals surface area contributed by atoms with Crippen LogP contribution in [0.2, 0.25) is 10.3 Å². The van der Waals surface area contributed by atoms with Gasteiger partial charge in [0.25, 0.3) is 0 Å². The Kier molecular flexibility index (Phi) is 5.44. The topological polar surface area (TPSA) is 66.9 Å². The van der Waals surface area contributed by atoms with Crippen molar-refractivity contribution in [2.24, 2.45) is 0 Å². The highest BCUT2D eigenvalue weighted by Gasteiger charge is 2.06. The summed E-state index contributed by atoms with van der Waals surface area (Å²) < 4.78 is 0. The van der Waals surface area contributed by atoms with Gasteiger partial charge in [0, 0.05) is 25.1 Å². The minimum Gasteiger partial charge on any atom is -0.382 e. The third-order valence-corrected chi connectivity index (χ3v) is 2.30. The molecule has 17 heavy (non-hydrogen) atoms. The summed E-state index contributed by atoms with van der Waals surface area (Å²) >= 11 is 11.5. The zero-order chi connectivity index (χ0) is 12.8. The van der Waals surface area contributed by atoms with Gasteiger partial charge < -0.3 is 10.6 Å². The third kappa shape index (κ3) is 5.19. The van der Waals surface area contributed by atoms with Crippen molar-refractivity contribution in [3.05, 3.63) is 16.4 Å². The molecule has 0 bridgehead atoms. The molecule has 1 rings (SSSR count). The maximum absolute atomic E-state index is 11.4. The molecule has 0 atom stereocenters. The SMILES string of the molecule is CC(C)NC(=O)CCNc1cc(Cl)nnc1Cl. The quantitative estimate of drug-likeness (QED) is 0.865. The third-order valence-electron chi connectivity index (χ3n) is 1.84. The largest absolute Gasteiger partial charge is 0.382 e. The normalized spacial score (nSPS) is 10.4. The molecular formula is C10H14Cl2N4O. The summed E-state index contributed by atoms with van der Waals surface area (Å²) in [7, 11) is 0. The summed E-state index contributed by atoms with van der Waals surface area (Å²) in [4.78, 5) is 11.4. The Balaban J connectivity index is 2.40. The Morgan fingerprint density at radius 2 is 2.12 bits per heavy atom. The molecule has 0 aromatic carbocycles. The average molecular weight is 277 g/mol. The fourth-order valence-electron chi connectivity index (χ4n) is 1.18. The maximum Gasteiger partial charge on any atom is 0.221 e. The smallest absolute Gasteiger partial charge is 0.221 e. The number of nitrogens with zero attached hydrogens (tertiary/aromatic N) is 2. The molecule has 0 aliphatic carbocycles. The summed E-state index contributed by atoms with van der Waals surface area (Å²) in [6, 6.07) is 1.71. The van der Waals surface area contributed by atoms with Gasteiger partial charge in [-0.2, -0.15) is 0 Å². The molecule has 1 aromatic heterocycles. The lowest BCUT2D eigenvalue weighted by Crippen LogP contribution is -2.31. The highest BCUT2D eigenvalue weighted by molar-refractivity contribution is 6.33. The van der Waals surface area contributed by atoms with Crippen LogP contribution in [-0.4, -0.2) is 28.7 Å². The summed E-state index contributed by atoms with van der Waals surface area (Å²) in [5.74, 6) is -0.0169. The van der Waals surface area contributed by atoms with E-state index >= 15 is 0 Å². The van der Waals surface area contributed by atoms with Crippen LogP contribution < -0.4 is 10.6 Å². The predicted octanol–water partition coefficient (Wildman–Crippen LogP) is 2.11. The van der Waals surface area contributed by atoms with E-state index in [1.165, 1.54) is 0 Å². The first-order valence-electron chi connectivity index (χ1n) is 5.21. The van der Waals surface area contributed by atoms with Gasteiger partial charge in [0.2, 0.25) is 5.91 Å². The molecule has 0 radical (unpaired) electrons. The van der Waals surface area contributed by atoms with Crippen molar-refractivity contribution >= 4 is 34.8 Å². The molecule has 94 valence electrons. The van der Waals surface area contributed by atoms with E-state index in [2.05, 4.69) is 20.8 Å². The minimum absolute atomic E-state index is 0.0169. The molecule has 0 spiro atoms. The minimum atomic E-state index is -0.0169. The number of rotatable bonds is 5. The van der Waals surface area contributed by atoms with Gasteiger partial charge in [0.1, 0.15) is 0 Å². The van der Waals surface area contributed by atoms with Crippen molar-refractivity contribution in [1.82, 2.24) is 15.5 Å². The number of halogens is 2. The Morgan fingerprint density at radius 3 is 2.76 bits per heavy atom. The van der Waals surface area contributed by atoms with Crippen LogP contribution in [0.15, 0.2) is 6.07 Å². The van der Waals surface area contributed by atoms with Gasteiger partial charge in [0.15, 0.2) is 10.3 Å².